The van der Waals surface area contributed by atoms with Crippen molar-refractivity contribution in [2.45, 2.75) is 39.8 Å². The molecule has 1 aromatic rings. The van der Waals surface area contributed by atoms with E-state index >= 15 is 0 Å². The van der Waals surface area contributed by atoms with E-state index in [1.54, 1.807) is 0 Å². The Balaban J connectivity index is 2.79. The Morgan fingerprint density at radius 3 is 2.58 bits per heavy atom. The molecule has 0 saturated carbocycles. The van der Waals surface area contributed by atoms with E-state index in [9.17, 15) is 0 Å². The van der Waals surface area contributed by atoms with Gasteiger partial charge in [-0.15, -0.1) is 0 Å². The Morgan fingerprint density at radius 2 is 2.05 bits per heavy atom. The highest BCUT2D eigenvalue weighted by Gasteiger charge is 2.09. The van der Waals surface area contributed by atoms with E-state index in [0.717, 1.165) is 29.7 Å². The van der Waals surface area contributed by atoms with Gasteiger partial charge in [-0.05, 0) is 40.0 Å². The van der Waals surface area contributed by atoms with Crippen molar-refractivity contribution in [2.75, 3.05) is 24.6 Å². The molecule has 19 heavy (non-hydrogen) atoms. The molecule has 0 heterocycles. The molecule has 0 amide bonds. The van der Waals surface area contributed by atoms with Gasteiger partial charge in [0.15, 0.2) is 0 Å². The lowest BCUT2D eigenvalue weighted by molar-refractivity contribution is 0.302. The molecule has 0 aliphatic heterocycles. The van der Waals surface area contributed by atoms with Crippen molar-refractivity contribution in [2.24, 2.45) is 0 Å². The van der Waals surface area contributed by atoms with Crippen molar-refractivity contribution in [1.82, 2.24) is 5.32 Å². The van der Waals surface area contributed by atoms with Gasteiger partial charge < -0.3 is 15.3 Å². The van der Waals surface area contributed by atoms with Crippen molar-refractivity contribution in [1.29, 1.82) is 0 Å². The van der Waals surface area contributed by atoms with Crippen LogP contribution < -0.4 is 10.2 Å². The quantitative estimate of drug-likeness (QED) is 0.769. The summed E-state index contributed by atoms with van der Waals surface area (Å²) in [5.41, 5.74) is 2.42. The van der Waals surface area contributed by atoms with Crippen LogP contribution in [-0.2, 0) is 6.54 Å². The molecule has 0 saturated heterocycles. The second kappa shape index (κ2) is 8.56. The molecule has 2 N–H and O–H groups in total. The molecule has 0 spiro atoms. The highest BCUT2D eigenvalue weighted by Crippen LogP contribution is 2.27. The summed E-state index contributed by atoms with van der Waals surface area (Å²) in [6.45, 7) is 9.15. The largest absolute Gasteiger partial charge is 0.395 e. The first-order valence-electron chi connectivity index (χ1n) is 6.96. The van der Waals surface area contributed by atoms with Crippen molar-refractivity contribution in [3.8, 4) is 0 Å². The fraction of sp³-hybridized carbons (Fsp3) is 0.600. The number of aliphatic hydroxyl groups excluding tert-OH is 1. The van der Waals surface area contributed by atoms with E-state index in [1.165, 1.54) is 5.56 Å². The maximum absolute atomic E-state index is 9.15. The topological polar surface area (TPSA) is 35.5 Å². The Hall–Kier alpha value is -0.580. The van der Waals surface area contributed by atoms with Crippen molar-refractivity contribution in [3.05, 3.63) is 28.2 Å². The summed E-state index contributed by atoms with van der Waals surface area (Å²) in [6, 6.07) is 6.93. The lowest BCUT2D eigenvalue weighted by atomic mass is 10.1. The Bertz CT molecular complexity index is 376. The Kier molecular flexibility index (Phi) is 7.42. The molecule has 3 nitrogen and oxygen atoms in total. The highest BCUT2D eigenvalue weighted by molar-refractivity contribution is 9.10. The van der Waals surface area contributed by atoms with Gasteiger partial charge >= 0.3 is 0 Å². The van der Waals surface area contributed by atoms with Crippen LogP contribution in [0.3, 0.4) is 0 Å². The van der Waals surface area contributed by atoms with Crippen LogP contribution in [0.4, 0.5) is 5.69 Å². The van der Waals surface area contributed by atoms with Crippen LogP contribution in [0, 0.1) is 0 Å². The lowest BCUT2D eigenvalue weighted by Gasteiger charge is -2.25. The zero-order valence-corrected chi connectivity index (χ0v) is 13.7. The first kappa shape index (κ1) is 16.5. The van der Waals surface area contributed by atoms with Gasteiger partial charge in [-0.2, -0.15) is 0 Å². The molecule has 0 aliphatic carbocycles. The normalized spacial score (nSPS) is 11.1. The Morgan fingerprint density at radius 1 is 1.32 bits per heavy atom. The maximum Gasteiger partial charge on any atom is 0.0606 e. The van der Waals surface area contributed by atoms with Crippen molar-refractivity contribution in [3.63, 3.8) is 0 Å². The summed E-state index contributed by atoms with van der Waals surface area (Å²) in [7, 11) is 0. The number of nitrogens with one attached hydrogen (secondary N) is 1. The minimum atomic E-state index is 0.184. The van der Waals surface area contributed by atoms with E-state index in [-0.39, 0.29) is 6.61 Å². The second-order valence-corrected chi connectivity index (χ2v) is 5.89. The molecule has 4 heteroatoms. The predicted octanol–water partition coefficient (Wildman–Crippen LogP) is 3.16. The standard InChI is InChI=1S/C15H25BrN2O/c1-4-7-18(8-9-19)15-6-5-13(10-14(15)16)11-17-12(2)3/h5-6,10,12,17,19H,4,7-9,11H2,1-3H3. The third kappa shape index (κ3) is 5.51. The number of aliphatic hydroxyl groups is 1. The number of hydrogen-bond donors (Lipinski definition) is 2. The van der Waals surface area contributed by atoms with E-state index in [0.29, 0.717) is 12.6 Å². The van der Waals surface area contributed by atoms with E-state index < -0.39 is 0 Å². The van der Waals surface area contributed by atoms with Crippen LogP contribution in [0.15, 0.2) is 22.7 Å². The minimum Gasteiger partial charge on any atom is -0.395 e. The molecular formula is C15H25BrN2O. The van der Waals surface area contributed by atoms with E-state index in [2.05, 4.69) is 65.1 Å². The van der Waals surface area contributed by atoms with Crippen LogP contribution in [-0.4, -0.2) is 30.8 Å². The summed E-state index contributed by atoms with van der Waals surface area (Å²) in [4.78, 5) is 2.21. The second-order valence-electron chi connectivity index (χ2n) is 5.03. The van der Waals surface area contributed by atoms with Crippen molar-refractivity contribution < 1.29 is 5.11 Å². The maximum atomic E-state index is 9.15. The van der Waals surface area contributed by atoms with Gasteiger partial charge in [0, 0.05) is 30.1 Å². The first-order valence-corrected chi connectivity index (χ1v) is 7.75. The van der Waals surface area contributed by atoms with Gasteiger partial charge in [0.25, 0.3) is 0 Å². The zero-order valence-electron chi connectivity index (χ0n) is 12.1. The van der Waals surface area contributed by atoms with Crippen LogP contribution in [0.25, 0.3) is 0 Å². The molecular weight excluding hydrogens is 304 g/mol. The molecule has 1 rings (SSSR count). The fourth-order valence-electron chi connectivity index (χ4n) is 1.98. The van der Waals surface area contributed by atoms with Crippen molar-refractivity contribution >= 4 is 21.6 Å². The average molecular weight is 329 g/mol. The van der Waals surface area contributed by atoms with Crippen LogP contribution in [0.1, 0.15) is 32.8 Å². The predicted molar refractivity (Wildman–Crippen MR) is 85.7 cm³/mol. The number of halogens is 1. The summed E-state index contributed by atoms with van der Waals surface area (Å²) < 4.78 is 1.09. The van der Waals surface area contributed by atoms with Gasteiger partial charge in [-0.25, -0.2) is 0 Å². The molecule has 1 aromatic carbocycles. The third-order valence-corrected chi connectivity index (χ3v) is 3.57. The molecule has 0 aliphatic rings. The molecule has 0 bridgehead atoms. The third-order valence-electron chi connectivity index (χ3n) is 2.93. The molecule has 108 valence electrons. The summed E-state index contributed by atoms with van der Waals surface area (Å²) in [5, 5.41) is 12.6. The molecule has 0 aromatic heterocycles. The number of nitrogens with zero attached hydrogens (tertiary/aromatic N) is 1. The summed E-state index contributed by atoms with van der Waals surface area (Å²) >= 11 is 3.64. The zero-order chi connectivity index (χ0) is 14.3. The van der Waals surface area contributed by atoms with Crippen LogP contribution >= 0.6 is 15.9 Å². The monoisotopic (exact) mass is 328 g/mol. The average Bonchev–Trinajstić information content (AvgIpc) is 2.36. The van der Waals surface area contributed by atoms with Gasteiger partial charge in [-0.3, -0.25) is 0 Å². The van der Waals surface area contributed by atoms with Gasteiger partial charge in [0.05, 0.1) is 12.3 Å². The van der Waals surface area contributed by atoms with E-state index in [4.69, 9.17) is 5.11 Å². The van der Waals surface area contributed by atoms with Crippen LogP contribution in [0.5, 0.6) is 0 Å². The SMILES string of the molecule is CCCN(CCO)c1ccc(CNC(C)C)cc1Br. The highest BCUT2D eigenvalue weighted by atomic mass is 79.9. The number of hydrogen-bond acceptors (Lipinski definition) is 3. The molecule has 0 radical (unpaired) electrons. The van der Waals surface area contributed by atoms with E-state index in [1.807, 2.05) is 0 Å². The number of benzene rings is 1. The molecule has 0 unspecified atom stereocenters. The number of rotatable bonds is 8. The fourth-order valence-corrected chi connectivity index (χ4v) is 2.66. The Labute approximate surface area is 125 Å². The lowest BCUT2D eigenvalue weighted by Crippen LogP contribution is -2.28. The first-order chi connectivity index (χ1) is 9.08. The van der Waals surface area contributed by atoms with Gasteiger partial charge in [-0.1, -0.05) is 26.8 Å². The number of anilines is 1. The van der Waals surface area contributed by atoms with Gasteiger partial charge in [0.1, 0.15) is 0 Å². The summed E-state index contributed by atoms with van der Waals surface area (Å²) in [5.74, 6) is 0. The molecule has 0 atom stereocenters. The van der Waals surface area contributed by atoms with Crippen LogP contribution in [0.2, 0.25) is 0 Å². The minimum absolute atomic E-state index is 0.184. The summed E-state index contributed by atoms with van der Waals surface area (Å²) in [6.07, 6.45) is 1.07. The molecule has 0 fully saturated rings. The smallest absolute Gasteiger partial charge is 0.0606 e. The van der Waals surface area contributed by atoms with Gasteiger partial charge in [0.2, 0.25) is 0 Å².